The Balaban J connectivity index is 0.902. The van der Waals surface area contributed by atoms with Crippen molar-refractivity contribution in [2.75, 3.05) is 0 Å². The van der Waals surface area contributed by atoms with Crippen LogP contribution in [0.1, 0.15) is 11.1 Å². The highest BCUT2D eigenvalue weighted by atomic mass is 15.0. The first-order valence-corrected chi connectivity index (χ1v) is 32.4. The van der Waals surface area contributed by atoms with E-state index in [1.165, 1.54) is 0 Å². The largest absolute Gasteiger partial charge is 0.309 e. The fourth-order valence-corrected chi connectivity index (χ4v) is 13.9. The maximum Gasteiger partial charge on any atom is 0.187 e. The van der Waals surface area contributed by atoms with Gasteiger partial charge >= 0.3 is 0 Å². The molecule has 454 valence electrons. The predicted octanol–water partition coefficient (Wildman–Crippen LogP) is 23.0. The molecule has 0 saturated heterocycles. The van der Waals surface area contributed by atoms with E-state index in [0.717, 1.165) is 150 Å². The highest BCUT2D eigenvalue weighted by molar-refractivity contribution is 6.13. The summed E-state index contributed by atoms with van der Waals surface area (Å²) in [5, 5.41) is 24.5. The average molecular weight is 1250 g/mol. The fraction of sp³-hybridized carbons (Fsp3) is 0. The van der Waals surface area contributed by atoms with E-state index in [1.807, 2.05) is 115 Å². The lowest BCUT2D eigenvalue weighted by molar-refractivity contribution is 1.07. The van der Waals surface area contributed by atoms with Crippen LogP contribution >= 0.6 is 0 Å². The number of nitrogens with zero attached hydrogens (tertiary/aromatic N) is 8. The molecule has 17 aromatic rings. The van der Waals surface area contributed by atoms with E-state index < -0.39 is 0 Å². The van der Waals surface area contributed by atoms with E-state index in [-0.39, 0.29) is 0 Å². The number of nitriles is 2. The first-order chi connectivity index (χ1) is 48.4. The SMILES string of the molecule is [C-]#[N+]c1ccc(-c2cc(-n3c4ccc(-c5ccccc5)cc4c4cc(-c5ccccc5)ccc43)ccc2-c2nc(-c3ccccc3-c3ccc(C#N)cc3)nc(-c3ccc(-n4c5ccc(-c6ccccc6)cc5c5cc(-c6ccccc6)ccc54)cc3-c3ccc(C#N)cc3)n2)cc1. The molecule has 0 saturated carbocycles. The second-order valence-corrected chi connectivity index (χ2v) is 24.4. The van der Waals surface area contributed by atoms with Crippen molar-refractivity contribution in [1.29, 1.82) is 10.5 Å². The van der Waals surface area contributed by atoms with E-state index in [1.54, 1.807) is 0 Å². The van der Waals surface area contributed by atoms with Crippen LogP contribution in [0.4, 0.5) is 5.69 Å². The summed E-state index contributed by atoms with van der Waals surface area (Å²) in [4.78, 5) is 20.5. The van der Waals surface area contributed by atoms with Gasteiger partial charge in [-0.1, -0.05) is 218 Å². The molecule has 0 N–H and O–H groups in total. The Labute approximate surface area is 566 Å². The maximum atomic E-state index is 10.2. The lowest BCUT2D eigenvalue weighted by Crippen LogP contribution is -2.04. The predicted molar refractivity (Wildman–Crippen MR) is 399 cm³/mol. The molecule has 0 amide bonds. The van der Waals surface area contributed by atoms with Crippen LogP contribution in [-0.2, 0) is 0 Å². The van der Waals surface area contributed by atoms with Crippen molar-refractivity contribution in [3.8, 4) is 136 Å². The maximum absolute atomic E-state index is 10.2. The van der Waals surface area contributed by atoms with Crippen molar-refractivity contribution >= 4 is 49.3 Å². The Kier molecular flexibility index (Phi) is 14.5. The minimum atomic E-state index is 0.428. The zero-order valence-electron chi connectivity index (χ0n) is 52.8. The Hall–Kier alpha value is -13.8. The average Bonchev–Trinajstić information content (AvgIpc) is 1.58. The van der Waals surface area contributed by atoms with Gasteiger partial charge < -0.3 is 9.13 Å². The number of hydrogen-bond donors (Lipinski definition) is 0. The van der Waals surface area contributed by atoms with Crippen molar-refractivity contribution in [3.05, 3.63) is 350 Å². The number of benzene rings is 14. The Bertz CT molecular complexity index is 5580. The van der Waals surface area contributed by atoms with Crippen molar-refractivity contribution in [1.82, 2.24) is 24.1 Å². The highest BCUT2D eigenvalue weighted by Crippen LogP contribution is 2.44. The van der Waals surface area contributed by atoms with Gasteiger partial charge in [-0.3, -0.25) is 0 Å². The second-order valence-electron chi connectivity index (χ2n) is 24.4. The van der Waals surface area contributed by atoms with Gasteiger partial charge in [0.15, 0.2) is 23.2 Å². The molecule has 0 aliphatic carbocycles. The Morgan fingerprint density at radius 1 is 0.255 bits per heavy atom. The first kappa shape index (κ1) is 58.0. The van der Waals surface area contributed by atoms with Gasteiger partial charge in [0.05, 0.1) is 51.9 Å². The third-order valence-electron chi connectivity index (χ3n) is 18.7. The monoisotopic (exact) mass is 1250 g/mol. The molecule has 0 unspecified atom stereocenters. The molecular weight excluding hydrogens is 1190 g/mol. The summed E-state index contributed by atoms with van der Waals surface area (Å²) >= 11 is 0. The Morgan fingerprint density at radius 3 is 0.867 bits per heavy atom. The van der Waals surface area contributed by atoms with Crippen LogP contribution < -0.4 is 0 Å². The molecule has 8 nitrogen and oxygen atoms in total. The molecule has 8 heteroatoms. The molecule has 0 fully saturated rings. The number of hydrogen-bond acceptors (Lipinski definition) is 5. The summed E-state index contributed by atoms with van der Waals surface area (Å²) in [5.74, 6) is 1.30. The normalized spacial score (nSPS) is 11.2. The zero-order valence-corrected chi connectivity index (χ0v) is 52.8. The summed E-state index contributed by atoms with van der Waals surface area (Å²) in [5.41, 5.74) is 24.1. The van der Waals surface area contributed by atoms with E-state index >= 15 is 0 Å². The van der Waals surface area contributed by atoms with E-state index in [4.69, 9.17) is 21.5 Å². The summed E-state index contributed by atoms with van der Waals surface area (Å²) in [7, 11) is 0. The molecule has 98 heavy (non-hydrogen) atoms. The second kappa shape index (κ2) is 24.6. The van der Waals surface area contributed by atoms with Gasteiger partial charge in [0, 0.05) is 49.6 Å². The van der Waals surface area contributed by atoms with Crippen molar-refractivity contribution < 1.29 is 0 Å². The van der Waals surface area contributed by atoms with E-state index in [0.29, 0.717) is 34.3 Å². The van der Waals surface area contributed by atoms with Crippen molar-refractivity contribution in [2.45, 2.75) is 0 Å². The summed E-state index contributed by atoms with van der Waals surface area (Å²) in [6.07, 6.45) is 0. The van der Waals surface area contributed by atoms with Gasteiger partial charge in [-0.2, -0.15) is 10.5 Å². The third kappa shape index (κ3) is 10.5. The minimum Gasteiger partial charge on any atom is -0.309 e. The molecule has 14 aromatic carbocycles. The highest BCUT2D eigenvalue weighted by Gasteiger charge is 2.24. The van der Waals surface area contributed by atoms with Gasteiger partial charge in [-0.15, -0.1) is 0 Å². The van der Waals surface area contributed by atoms with Crippen LogP contribution in [0.2, 0.25) is 0 Å². The van der Waals surface area contributed by atoms with Gasteiger partial charge in [0.1, 0.15) is 0 Å². The molecule has 0 aliphatic heterocycles. The zero-order chi connectivity index (χ0) is 65.6. The van der Waals surface area contributed by atoms with Crippen molar-refractivity contribution in [2.24, 2.45) is 0 Å². The number of aromatic nitrogens is 5. The summed E-state index contributed by atoms with van der Waals surface area (Å²) in [6.45, 7) is 7.99. The van der Waals surface area contributed by atoms with Gasteiger partial charge in [-0.25, -0.2) is 19.8 Å². The van der Waals surface area contributed by atoms with Crippen LogP contribution in [0.3, 0.4) is 0 Å². The van der Waals surface area contributed by atoms with Gasteiger partial charge in [-0.05, 0) is 187 Å². The summed E-state index contributed by atoms with van der Waals surface area (Å²) in [6, 6.07) is 118. The Morgan fingerprint density at radius 2 is 0.541 bits per heavy atom. The van der Waals surface area contributed by atoms with Crippen LogP contribution in [0.25, 0.3) is 172 Å². The first-order valence-electron chi connectivity index (χ1n) is 32.4. The van der Waals surface area contributed by atoms with Crippen LogP contribution in [0.15, 0.2) is 328 Å². The number of fused-ring (bicyclic) bond motifs is 6. The lowest BCUT2D eigenvalue weighted by Gasteiger charge is -2.18. The molecule has 0 aliphatic rings. The van der Waals surface area contributed by atoms with Crippen LogP contribution in [-0.4, -0.2) is 24.1 Å². The fourth-order valence-electron chi connectivity index (χ4n) is 13.9. The molecule has 0 atom stereocenters. The molecule has 0 bridgehead atoms. The molecule has 3 heterocycles. The lowest BCUT2D eigenvalue weighted by atomic mass is 9.95. The quantitative estimate of drug-likeness (QED) is 0.113. The summed E-state index contributed by atoms with van der Waals surface area (Å²) < 4.78 is 4.69. The molecule has 17 rings (SSSR count). The molecule has 0 spiro atoms. The topological polar surface area (TPSA) is 100 Å². The van der Waals surface area contributed by atoms with E-state index in [9.17, 15) is 10.5 Å². The van der Waals surface area contributed by atoms with Gasteiger partial charge in [0.2, 0.25) is 0 Å². The van der Waals surface area contributed by atoms with Crippen molar-refractivity contribution in [3.63, 3.8) is 0 Å². The smallest absolute Gasteiger partial charge is 0.187 e. The van der Waals surface area contributed by atoms with Crippen LogP contribution in [0, 0.1) is 29.2 Å². The molecule has 0 radical (unpaired) electrons. The van der Waals surface area contributed by atoms with Gasteiger partial charge in [0.25, 0.3) is 0 Å². The molecule has 3 aromatic heterocycles. The van der Waals surface area contributed by atoms with E-state index in [2.05, 4.69) is 238 Å². The minimum absolute atomic E-state index is 0.428. The number of rotatable bonds is 12. The third-order valence-corrected chi connectivity index (χ3v) is 18.7. The molecular formula is C90H54N8. The van der Waals surface area contributed by atoms with Crippen LogP contribution in [0.5, 0.6) is 0 Å². The standard InChI is InChI=1S/C90H54N8/c1-93-71-40-34-66(35-41-71)79-55-73(98-86-48-38-69(62-20-10-4-11-21-62)52-82(86)83-53-70(39-49-87(83)98)63-22-12-5-13-23-63)43-45-77(79)90-95-88(75-25-15-14-24-74(75)64-30-26-58(56-91)27-31-64)94-89(96-90)76-44-42-72(54-78(76)65-32-28-59(57-92)29-33-65)97-84-46-36-67(60-16-6-2-7-17-60)50-80(84)81-51-68(37-47-85(81)97)61-18-8-3-9-19-61/h2-55H.